The second kappa shape index (κ2) is 9.97. The third-order valence-corrected chi connectivity index (χ3v) is 4.81. The van der Waals surface area contributed by atoms with E-state index in [9.17, 15) is 24.9 Å². The van der Waals surface area contributed by atoms with Gasteiger partial charge in [-0.1, -0.05) is 43.7 Å². The number of ketones is 1. The van der Waals surface area contributed by atoms with Crippen LogP contribution in [0.1, 0.15) is 47.0 Å². The van der Waals surface area contributed by atoms with Crippen molar-refractivity contribution in [2.24, 2.45) is 11.8 Å². The number of hydrogen-bond donors (Lipinski definition) is 3. The fraction of sp³-hybridized carbons (Fsp3) is 0.619. The highest BCUT2D eigenvalue weighted by molar-refractivity contribution is 6.03. The number of cyclic esters (lactones) is 1. The molecule has 0 aliphatic carbocycles. The minimum atomic E-state index is -2.04. The first kappa shape index (κ1) is 23.3. The zero-order chi connectivity index (χ0) is 20.8. The van der Waals surface area contributed by atoms with Gasteiger partial charge in [-0.15, -0.1) is 0 Å². The molecular formula is C21H32O6. The van der Waals surface area contributed by atoms with Gasteiger partial charge in [-0.3, -0.25) is 9.59 Å². The van der Waals surface area contributed by atoms with Crippen molar-refractivity contribution in [3.05, 3.63) is 35.5 Å². The minimum absolute atomic E-state index is 0.0638. The molecule has 0 saturated carbocycles. The number of aliphatic hydroxyl groups is 3. The Balaban J connectivity index is 3.37. The predicted octanol–water partition coefficient (Wildman–Crippen LogP) is 2.09. The predicted molar refractivity (Wildman–Crippen MR) is 103 cm³/mol. The summed E-state index contributed by atoms with van der Waals surface area (Å²) >= 11 is 0. The minimum Gasteiger partial charge on any atom is -0.457 e. The van der Waals surface area contributed by atoms with Crippen molar-refractivity contribution >= 4 is 11.8 Å². The van der Waals surface area contributed by atoms with Crippen molar-refractivity contribution in [3.8, 4) is 0 Å². The molecule has 0 saturated heterocycles. The number of allylic oxidation sites excluding steroid dienone is 3. The lowest BCUT2D eigenvalue weighted by atomic mass is 9.84. The normalized spacial score (nSPS) is 35.5. The SMILES string of the molecule is C=C1/C=C(\CO)[C@H](CC)OC(=O)[C@H](C)C(=O)C(O)(CO)C/C(C)=C/[C@@H](C)C1. The second-order valence-electron chi connectivity index (χ2n) is 7.52. The van der Waals surface area contributed by atoms with Gasteiger partial charge in [0.25, 0.3) is 0 Å². The summed E-state index contributed by atoms with van der Waals surface area (Å²) in [6.45, 7) is 9.84. The summed E-state index contributed by atoms with van der Waals surface area (Å²) in [5.41, 5.74) is -0.0192. The molecular weight excluding hydrogens is 348 g/mol. The van der Waals surface area contributed by atoms with Crippen LogP contribution in [0.3, 0.4) is 0 Å². The van der Waals surface area contributed by atoms with E-state index in [1.54, 1.807) is 19.9 Å². The van der Waals surface area contributed by atoms with Crippen LogP contribution >= 0.6 is 0 Å². The smallest absolute Gasteiger partial charge is 0.316 e. The van der Waals surface area contributed by atoms with Gasteiger partial charge in [-0.2, -0.15) is 0 Å². The number of Topliss-reactive ketones (excluding diaryl/α,β-unsaturated/α-hetero) is 1. The summed E-state index contributed by atoms with van der Waals surface area (Å²) in [5.74, 6) is -2.74. The number of esters is 1. The van der Waals surface area contributed by atoms with Crippen LogP contribution in [0.2, 0.25) is 0 Å². The Morgan fingerprint density at radius 3 is 2.44 bits per heavy atom. The molecule has 1 aliphatic heterocycles. The van der Waals surface area contributed by atoms with Crippen LogP contribution in [0.15, 0.2) is 35.5 Å². The molecule has 0 bridgehead atoms. The molecule has 0 spiro atoms. The first-order chi connectivity index (χ1) is 12.6. The number of aliphatic hydroxyl groups excluding tert-OH is 2. The van der Waals surface area contributed by atoms with E-state index in [-0.39, 0.29) is 18.9 Å². The molecule has 6 heteroatoms. The van der Waals surface area contributed by atoms with E-state index in [4.69, 9.17) is 4.74 Å². The number of rotatable bonds is 3. The molecule has 4 atom stereocenters. The molecule has 0 aromatic heterocycles. The van der Waals surface area contributed by atoms with Gasteiger partial charge in [0.05, 0.1) is 13.2 Å². The third-order valence-electron chi connectivity index (χ3n) is 4.81. The molecule has 152 valence electrons. The van der Waals surface area contributed by atoms with Crippen LogP contribution in [0, 0.1) is 11.8 Å². The van der Waals surface area contributed by atoms with Crippen LogP contribution in [0.25, 0.3) is 0 Å². The zero-order valence-electron chi connectivity index (χ0n) is 16.7. The highest BCUT2D eigenvalue weighted by Gasteiger charge is 2.42. The van der Waals surface area contributed by atoms with Crippen molar-refractivity contribution < 1.29 is 29.6 Å². The van der Waals surface area contributed by atoms with Crippen LogP contribution in [0.4, 0.5) is 0 Å². The van der Waals surface area contributed by atoms with Gasteiger partial charge < -0.3 is 20.1 Å². The van der Waals surface area contributed by atoms with Gasteiger partial charge in [0.1, 0.15) is 12.0 Å². The maximum atomic E-state index is 12.7. The Morgan fingerprint density at radius 2 is 1.93 bits per heavy atom. The van der Waals surface area contributed by atoms with E-state index in [1.807, 2.05) is 13.0 Å². The number of carbonyl (C=O) groups is 2. The van der Waals surface area contributed by atoms with Gasteiger partial charge in [0.2, 0.25) is 0 Å². The van der Waals surface area contributed by atoms with Gasteiger partial charge in [0, 0.05) is 6.42 Å². The Hall–Kier alpha value is -1.76. The van der Waals surface area contributed by atoms with E-state index < -0.39 is 36.0 Å². The highest BCUT2D eigenvalue weighted by atomic mass is 16.5. The van der Waals surface area contributed by atoms with Gasteiger partial charge in [-0.05, 0) is 38.2 Å². The maximum absolute atomic E-state index is 12.7. The van der Waals surface area contributed by atoms with Crippen LogP contribution in [0.5, 0.6) is 0 Å². The first-order valence-corrected chi connectivity index (χ1v) is 9.32. The Kier molecular flexibility index (Phi) is 8.59. The molecule has 0 radical (unpaired) electrons. The standard InChI is InChI=1S/C21H32O6/c1-6-18-17(11-22)9-14(3)7-13(2)8-15(4)10-21(26,12-23)19(24)16(5)20(25)27-18/h8-9,13,16,18,22-23,26H,3,6-7,10-12H2,1-2,4-5H3/b15-8+,17-9+/t13-,16+,18-,21?/m0/s1. The lowest BCUT2D eigenvalue weighted by molar-refractivity contribution is -0.162. The van der Waals surface area contributed by atoms with Crippen molar-refractivity contribution in [2.45, 2.75) is 58.7 Å². The number of hydrogen-bond acceptors (Lipinski definition) is 6. The number of carbonyl (C=O) groups excluding carboxylic acids is 2. The molecule has 1 unspecified atom stereocenters. The molecule has 1 heterocycles. The van der Waals surface area contributed by atoms with E-state index in [1.165, 1.54) is 6.92 Å². The monoisotopic (exact) mass is 380 g/mol. The topological polar surface area (TPSA) is 104 Å². The molecule has 0 amide bonds. The molecule has 1 rings (SSSR count). The number of ether oxygens (including phenoxy) is 1. The fourth-order valence-electron chi connectivity index (χ4n) is 3.43. The summed E-state index contributed by atoms with van der Waals surface area (Å²) in [5, 5.41) is 30.0. The van der Waals surface area contributed by atoms with Gasteiger partial charge in [0.15, 0.2) is 11.4 Å². The first-order valence-electron chi connectivity index (χ1n) is 9.32. The largest absolute Gasteiger partial charge is 0.457 e. The van der Waals surface area contributed by atoms with E-state index >= 15 is 0 Å². The van der Waals surface area contributed by atoms with Crippen molar-refractivity contribution in [3.63, 3.8) is 0 Å². The third kappa shape index (κ3) is 6.13. The molecule has 3 N–H and O–H groups in total. The Labute approximate surface area is 161 Å². The zero-order valence-corrected chi connectivity index (χ0v) is 16.7. The maximum Gasteiger partial charge on any atom is 0.316 e. The van der Waals surface area contributed by atoms with E-state index in [0.717, 1.165) is 11.1 Å². The van der Waals surface area contributed by atoms with Crippen LogP contribution in [-0.2, 0) is 14.3 Å². The van der Waals surface area contributed by atoms with E-state index in [0.29, 0.717) is 18.4 Å². The summed E-state index contributed by atoms with van der Waals surface area (Å²) in [4.78, 5) is 25.1. The summed E-state index contributed by atoms with van der Waals surface area (Å²) in [7, 11) is 0. The average molecular weight is 380 g/mol. The lowest BCUT2D eigenvalue weighted by Crippen LogP contribution is -2.48. The highest BCUT2D eigenvalue weighted by Crippen LogP contribution is 2.26. The molecule has 6 nitrogen and oxygen atoms in total. The molecule has 0 aromatic carbocycles. The molecule has 0 aromatic rings. The summed E-state index contributed by atoms with van der Waals surface area (Å²) in [6, 6.07) is 0. The molecule has 1 aliphatic rings. The van der Waals surface area contributed by atoms with Crippen molar-refractivity contribution in [2.75, 3.05) is 13.2 Å². The molecule has 27 heavy (non-hydrogen) atoms. The Bertz CT molecular complexity index is 633. The molecule has 0 fully saturated rings. The quantitative estimate of drug-likeness (QED) is 0.393. The van der Waals surface area contributed by atoms with Gasteiger partial charge >= 0.3 is 5.97 Å². The fourth-order valence-corrected chi connectivity index (χ4v) is 3.43. The summed E-state index contributed by atoms with van der Waals surface area (Å²) < 4.78 is 5.43. The lowest BCUT2D eigenvalue weighted by Gasteiger charge is -2.29. The van der Waals surface area contributed by atoms with Gasteiger partial charge in [-0.25, -0.2) is 0 Å². The van der Waals surface area contributed by atoms with Crippen molar-refractivity contribution in [1.29, 1.82) is 0 Å². The second-order valence-corrected chi connectivity index (χ2v) is 7.52. The summed E-state index contributed by atoms with van der Waals surface area (Å²) in [6.07, 6.45) is 3.93. The van der Waals surface area contributed by atoms with E-state index in [2.05, 4.69) is 6.58 Å². The van der Waals surface area contributed by atoms with Crippen LogP contribution < -0.4 is 0 Å². The Morgan fingerprint density at radius 1 is 1.30 bits per heavy atom. The van der Waals surface area contributed by atoms with Crippen molar-refractivity contribution in [1.82, 2.24) is 0 Å². The average Bonchev–Trinajstić information content (AvgIpc) is 2.61. The van der Waals surface area contributed by atoms with Crippen LogP contribution in [-0.4, -0.2) is 52.0 Å².